The van der Waals surface area contributed by atoms with Gasteiger partial charge in [-0.3, -0.25) is 15.1 Å². The van der Waals surface area contributed by atoms with Crippen molar-refractivity contribution in [3.05, 3.63) is 57.4 Å². The summed E-state index contributed by atoms with van der Waals surface area (Å²) >= 11 is 5.68. The van der Waals surface area contributed by atoms with E-state index in [-0.39, 0.29) is 27.8 Å². The van der Waals surface area contributed by atoms with Gasteiger partial charge in [0.25, 0.3) is 0 Å². The van der Waals surface area contributed by atoms with Gasteiger partial charge in [0.2, 0.25) is 5.75 Å². The van der Waals surface area contributed by atoms with Crippen LogP contribution in [0.15, 0.2) is 36.7 Å². The molecule has 0 aliphatic heterocycles. The minimum Gasteiger partial charge on any atom is -0.478 e. The predicted molar refractivity (Wildman–Crippen MR) is 69.4 cm³/mol. The summed E-state index contributed by atoms with van der Waals surface area (Å²) in [5.74, 6) is -1.15. The van der Waals surface area contributed by atoms with Crippen molar-refractivity contribution in [2.75, 3.05) is 0 Å². The number of hydrogen-bond acceptors (Lipinski definition) is 5. The summed E-state index contributed by atoms with van der Waals surface area (Å²) in [7, 11) is 0. The second-order valence-electron chi connectivity index (χ2n) is 3.69. The van der Waals surface area contributed by atoms with Gasteiger partial charge < -0.3 is 9.84 Å². The Hall–Kier alpha value is -2.67. The number of aromatic nitrogens is 1. The molecule has 0 amide bonds. The van der Waals surface area contributed by atoms with Gasteiger partial charge in [-0.25, -0.2) is 4.79 Å². The third-order valence-electron chi connectivity index (χ3n) is 2.31. The van der Waals surface area contributed by atoms with Crippen LogP contribution in [0.4, 0.5) is 5.69 Å². The lowest BCUT2D eigenvalue weighted by Gasteiger charge is -2.06. The summed E-state index contributed by atoms with van der Waals surface area (Å²) in [6.45, 7) is 0. The Morgan fingerprint density at radius 2 is 2.10 bits per heavy atom. The summed E-state index contributed by atoms with van der Waals surface area (Å²) in [6.07, 6.45) is 2.40. The molecule has 20 heavy (non-hydrogen) atoms. The van der Waals surface area contributed by atoms with Crippen LogP contribution in [0.25, 0.3) is 0 Å². The number of hydrogen-bond donors (Lipinski definition) is 1. The van der Waals surface area contributed by atoms with Crippen LogP contribution in [0.3, 0.4) is 0 Å². The van der Waals surface area contributed by atoms with Crippen molar-refractivity contribution < 1.29 is 19.6 Å². The zero-order valence-electron chi connectivity index (χ0n) is 9.82. The largest absolute Gasteiger partial charge is 0.478 e. The number of nitrogens with zero attached hydrogens (tertiary/aromatic N) is 2. The molecule has 0 bridgehead atoms. The average Bonchev–Trinajstić information content (AvgIpc) is 2.41. The van der Waals surface area contributed by atoms with Gasteiger partial charge in [-0.2, -0.15) is 0 Å². The highest BCUT2D eigenvalue weighted by atomic mass is 35.5. The SMILES string of the molecule is O=C(O)c1cncc(Oc2ccc(Cl)cc2[N+](=O)[O-])c1. The molecule has 1 N–H and O–H groups in total. The van der Waals surface area contributed by atoms with Crippen molar-refractivity contribution in [2.45, 2.75) is 0 Å². The topological polar surface area (TPSA) is 103 Å². The van der Waals surface area contributed by atoms with E-state index in [1.807, 2.05) is 0 Å². The molecule has 7 nitrogen and oxygen atoms in total. The Kier molecular flexibility index (Phi) is 3.81. The molecule has 2 rings (SSSR count). The molecule has 0 saturated heterocycles. The molecule has 0 atom stereocenters. The lowest BCUT2D eigenvalue weighted by molar-refractivity contribution is -0.385. The standard InChI is InChI=1S/C12H7ClN2O5/c13-8-1-2-11(10(4-8)15(18)19)20-9-3-7(12(16)17)5-14-6-9/h1-6H,(H,16,17). The molecule has 102 valence electrons. The fourth-order valence-electron chi connectivity index (χ4n) is 1.44. The van der Waals surface area contributed by atoms with Crippen LogP contribution >= 0.6 is 11.6 Å². The molecule has 0 spiro atoms. The van der Waals surface area contributed by atoms with Crippen molar-refractivity contribution in [3.63, 3.8) is 0 Å². The fraction of sp³-hybridized carbons (Fsp3) is 0. The minimum absolute atomic E-state index is 0.0521. The van der Waals surface area contributed by atoms with Gasteiger partial charge in [0.15, 0.2) is 0 Å². The molecular weight excluding hydrogens is 288 g/mol. The molecule has 8 heteroatoms. The quantitative estimate of drug-likeness (QED) is 0.686. The van der Waals surface area contributed by atoms with Gasteiger partial charge in [-0.1, -0.05) is 11.6 Å². The molecule has 0 unspecified atom stereocenters. The first-order valence-electron chi connectivity index (χ1n) is 5.27. The second kappa shape index (κ2) is 5.54. The van der Waals surface area contributed by atoms with E-state index in [0.717, 1.165) is 12.3 Å². The van der Waals surface area contributed by atoms with E-state index in [1.54, 1.807) is 0 Å². The van der Waals surface area contributed by atoms with Gasteiger partial charge in [-0.05, 0) is 18.2 Å². The summed E-state index contributed by atoms with van der Waals surface area (Å²) < 4.78 is 5.29. The van der Waals surface area contributed by atoms with Crippen molar-refractivity contribution in [2.24, 2.45) is 0 Å². The van der Waals surface area contributed by atoms with E-state index < -0.39 is 10.9 Å². The normalized spacial score (nSPS) is 10.1. The molecule has 0 radical (unpaired) electrons. The smallest absolute Gasteiger partial charge is 0.337 e. The third kappa shape index (κ3) is 3.01. The number of carboxylic acid groups (broad SMARTS) is 1. The van der Waals surface area contributed by atoms with Crippen molar-refractivity contribution >= 4 is 23.3 Å². The number of ether oxygens (including phenoxy) is 1. The van der Waals surface area contributed by atoms with E-state index in [9.17, 15) is 14.9 Å². The van der Waals surface area contributed by atoms with E-state index in [4.69, 9.17) is 21.4 Å². The zero-order chi connectivity index (χ0) is 14.7. The number of rotatable bonds is 4. The van der Waals surface area contributed by atoms with E-state index in [0.29, 0.717) is 0 Å². The number of nitro benzene ring substituents is 1. The number of carboxylic acids is 1. The van der Waals surface area contributed by atoms with E-state index in [2.05, 4.69) is 4.98 Å². The van der Waals surface area contributed by atoms with Gasteiger partial charge in [0.05, 0.1) is 16.7 Å². The summed E-state index contributed by atoms with van der Waals surface area (Å²) in [6, 6.07) is 5.12. The third-order valence-corrected chi connectivity index (χ3v) is 2.54. The number of aromatic carboxylic acids is 1. The van der Waals surface area contributed by atoms with E-state index in [1.165, 1.54) is 24.4 Å². The summed E-state index contributed by atoms with van der Waals surface area (Å²) in [5.41, 5.74) is -0.405. The first-order chi connectivity index (χ1) is 9.47. The number of nitro groups is 1. The van der Waals surface area contributed by atoms with Gasteiger partial charge >= 0.3 is 11.7 Å². The highest BCUT2D eigenvalue weighted by molar-refractivity contribution is 6.30. The fourth-order valence-corrected chi connectivity index (χ4v) is 1.60. The maximum Gasteiger partial charge on any atom is 0.337 e. The lowest BCUT2D eigenvalue weighted by Crippen LogP contribution is -1.98. The van der Waals surface area contributed by atoms with Crippen LogP contribution < -0.4 is 4.74 Å². The van der Waals surface area contributed by atoms with Crippen LogP contribution in [0, 0.1) is 10.1 Å². The van der Waals surface area contributed by atoms with Gasteiger partial charge in [0, 0.05) is 17.3 Å². The highest BCUT2D eigenvalue weighted by Gasteiger charge is 2.17. The van der Waals surface area contributed by atoms with Crippen molar-refractivity contribution in [1.82, 2.24) is 4.98 Å². The maximum absolute atomic E-state index is 10.9. The zero-order valence-corrected chi connectivity index (χ0v) is 10.6. The Labute approximate surface area is 117 Å². The average molecular weight is 295 g/mol. The number of benzene rings is 1. The van der Waals surface area contributed by atoms with Crippen LogP contribution in [-0.4, -0.2) is 21.0 Å². The van der Waals surface area contributed by atoms with Crippen molar-refractivity contribution in [1.29, 1.82) is 0 Å². The molecule has 0 aliphatic rings. The van der Waals surface area contributed by atoms with Crippen LogP contribution in [0.5, 0.6) is 11.5 Å². The number of carbonyl (C=O) groups is 1. The molecule has 0 saturated carbocycles. The molecule has 0 fully saturated rings. The minimum atomic E-state index is -1.17. The van der Waals surface area contributed by atoms with Crippen molar-refractivity contribution in [3.8, 4) is 11.5 Å². The molecule has 1 heterocycles. The van der Waals surface area contributed by atoms with Crippen LogP contribution in [0.2, 0.25) is 5.02 Å². The lowest BCUT2D eigenvalue weighted by atomic mass is 10.2. The molecule has 0 aliphatic carbocycles. The Bertz CT molecular complexity index is 689. The highest BCUT2D eigenvalue weighted by Crippen LogP contribution is 2.33. The summed E-state index contributed by atoms with van der Waals surface area (Å²) in [5, 5.41) is 19.9. The van der Waals surface area contributed by atoms with Gasteiger partial charge in [0.1, 0.15) is 5.75 Å². The Balaban J connectivity index is 2.37. The number of pyridine rings is 1. The van der Waals surface area contributed by atoms with Crippen LogP contribution in [-0.2, 0) is 0 Å². The Morgan fingerprint density at radius 3 is 2.75 bits per heavy atom. The van der Waals surface area contributed by atoms with E-state index >= 15 is 0 Å². The number of halogens is 1. The molecule has 2 aromatic rings. The maximum atomic E-state index is 10.9. The molecular formula is C12H7ClN2O5. The molecule has 1 aromatic carbocycles. The second-order valence-corrected chi connectivity index (χ2v) is 4.12. The molecule has 1 aromatic heterocycles. The summed E-state index contributed by atoms with van der Waals surface area (Å²) in [4.78, 5) is 24.7. The first-order valence-corrected chi connectivity index (χ1v) is 5.65. The van der Waals surface area contributed by atoms with Crippen LogP contribution in [0.1, 0.15) is 10.4 Å². The predicted octanol–water partition coefficient (Wildman–Crippen LogP) is 3.13. The van der Waals surface area contributed by atoms with Gasteiger partial charge in [-0.15, -0.1) is 0 Å². The monoisotopic (exact) mass is 294 g/mol. The Morgan fingerprint density at radius 1 is 1.35 bits per heavy atom. The first kappa shape index (κ1) is 13.8.